The molecule has 2 atom stereocenters. The van der Waals surface area contributed by atoms with Gasteiger partial charge >= 0.3 is 11.9 Å². The number of carbonyl (C=O) groups excluding carboxylic acids is 4. The number of thiophene rings is 1. The number of esters is 2. The average Bonchev–Trinajstić information content (AvgIpc) is 3.05. The van der Waals surface area contributed by atoms with Crippen molar-refractivity contribution in [2.75, 3.05) is 24.7 Å². The number of hydrogen-bond acceptors (Lipinski definition) is 9. The molecular formula is C17H24N2O6S3. The Labute approximate surface area is 178 Å². The SMILES string of the molecule is CCOC(=O)C(CS)NC(=O)c1csc(C(=O)NC(CS)C(=O)OCC)c1C. The van der Waals surface area contributed by atoms with Crippen LogP contribution in [0.3, 0.4) is 0 Å². The molecular weight excluding hydrogens is 424 g/mol. The maximum absolute atomic E-state index is 12.5. The second-order valence-corrected chi connectivity index (χ2v) is 7.13. The second-order valence-electron chi connectivity index (χ2n) is 5.52. The summed E-state index contributed by atoms with van der Waals surface area (Å²) in [5, 5.41) is 6.61. The topological polar surface area (TPSA) is 111 Å². The minimum absolute atomic E-state index is 0.0737. The van der Waals surface area contributed by atoms with Gasteiger partial charge in [0.15, 0.2) is 0 Å². The Bertz CT molecular complexity index is 664. The van der Waals surface area contributed by atoms with E-state index >= 15 is 0 Å². The molecule has 2 N–H and O–H groups in total. The molecule has 0 bridgehead atoms. The van der Waals surface area contributed by atoms with E-state index in [1.54, 1.807) is 20.8 Å². The van der Waals surface area contributed by atoms with E-state index in [1.165, 1.54) is 5.38 Å². The number of hydrogen-bond donors (Lipinski definition) is 4. The minimum Gasteiger partial charge on any atom is -0.464 e. The molecule has 156 valence electrons. The first-order valence-electron chi connectivity index (χ1n) is 8.55. The van der Waals surface area contributed by atoms with Gasteiger partial charge in [0.25, 0.3) is 11.8 Å². The summed E-state index contributed by atoms with van der Waals surface area (Å²) in [6.07, 6.45) is 0. The van der Waals surface area contributed by atoms with Crippen molar-refractivity contribution in [3.8, 4) is 0 Å². The highest BCUT2D eigenvalue weighted by Gasteiger charge is 2.27. The van der Waals surface area contributed by atoms with Crippen molar-refractivity contribution in [3.63, 3.8) is 0 Å². The lowest BCUT2D eigenvalue weighted by atomic mass is 10.1. The van der Waals surface area contributed by atoms with E-state index in [0.717, 1.165) is 11.3 Å². The normalized spacial score (nSPS) is 12.6. The van der Waals surface area contributed by atoms with Gasteiger partial charge in [0.2, 0.25) is 0 Å². The highest BCUT2D eigenvalue weighted by Crippen LogP contribution is 2.22. The fourth-order valence-electron chi connectivity index (χ4n) is 2.17. The number of ether oxygens (including phenoxy) is 2. The van der Waals surface area contributed by atoms with Crippen molar-refractivity contribution in [2.45, 2.75) is 32.9 Å². The molecule has 2 amide bonds. The van der Waals surface area contributed by atoms with Gasteiger partial charge in [0, 0.05) is 16.9 Å². The quantitative estimate of drug-likeness (QED) is 0.317. The number of rotatable bonds is 10. The Balaban J connectivity index is 2.89. The Morgan fingerprint density at radius 3 is 1.86 bits per heavy atom. The van der Waals surface area contributed by atoms with E-state index in [2.05, 4.69) is 35.9 Å². The molecule has 0 saturated heterocycles. The third kappa shape index (κ3) is 6.42. The molecule has 1 heterocycles. The molecule has 0 aromatic carbocycles. The van der Waals surface area contributed by atoms with Crippen molar-refractivity contribution >= 4 is 60.3 Å². The first kappa shape index (κ1) is 24.3. The first-order valence-corrected chi connectivity index (χ1v) is 10.7. The van der Waals surface area contributed by atoms with Gasteiger partial charge in [-0.3, -0.25) is 9.59 Å². The smallest absolute Gasteiger partial charge is 0.329 e. The molecule has 0 aliphatic rings. The van der Waals surface area contributed by atoms with Crippen LogP contribution in [0.25, 0.3) is 0 Å². The molecule has 1 aromatic heterocycles. The summed E-state index contributed by atoms with van der Waals surface area (Å²) >= 11 is 9.17. The van der Waals surface area contributed by atoms with Crippen molar-refractivity contribution in [1.29, 1.82) is 0 Å². The van der Waals surface area contributed by atoms with E-state index in [-0.39, 0.29) is 35.2 Å². The Hall–Kier alpha value is -1.72. The minimum atomic E-state index is -0.898. The monoisotopic (exact) mass is 448 g/mol. The van der Waals surface area contributed by atoms with Crippen LogP contribution in [-0.2, 0) is 19.1 Å². The molecule has 0 saturated carbocycles. The van der Waals surface area contributed by atoms with Crippen LogP contribution in [-0.4, -0.2) is 60.6 Å². The third-order valence-electron chi connectivity index (χ3n) is 3.61. The lowest BCUT2D eigenvalue weighted by Gasteiger charge is -2.15. The Morgan fingerprint density at radius 2 is 1.43 bits per heavy atom. The summed E-state index contributed by atoms with van der Waals surface area (Å²) in [7, 11) is 0. The van der Waals surface area contributed by atoms with Gasteiger partial charge in [0.1, 0.15) is 12.1 Å². The molecule has 11 heteroatoms. The zero-order valence-electron chi connectivity index (χ0n) is 15.8. The predicted molar refractivity (Wildman–Crippen MR) is 113 cm³/mol. The van der Waals surface area contributed by atoms with E-state index in [4.69, 9.17) is 9.47 Å². The first-order chi connectivity index (χ1) is 13.3. The summed E-state index contributed by atoms with van der Waals surface area (Å²) in [5.74, 6) is -2.04. The Morgan fingerprint density at radius 1 is 0.964 bits per heavy atom. The van der Waals surface area contributed by atoms with Crippen LogP contribution >= 0.6 is 36.6 Å². The van der Waals surface area contributed by atoms with Crippen LogP contribution in [0.4, 0.5) is 0 Å². The van der Waals surface area contributed by atoms with Gasteiger partial charge in [0.05, 0.1) is 23.7 Å². The van der Waals surface area contributed by atoms with Gasteiger partial charge < -0.3 is 20.1 Å². The maximum atomic E-state index is 12.5. The standard InChI is InChI=1S/C17H24N2O6S3/c1-4-24-16(22)11(6-26)18-14(20)10-8-28-13(9(10)3)15(21)19-12(7-27)17(23)25-5-2/h8,11-12,26-27H,4-7H2,1-3H3,(H,18,20)(H,19,21). The summed E-state index contributed by atoms with van der Waals surface area (Å²) in [6.45, 7) is 5.32. The molecule has 0 radical (unpaired) electrons. The average molecular weight is 449 g/mol. The lowest BCUT2D eigenvalue weighted by Crippen LogP contribution is -2.44. The van der Waals surface area contributed by atoms with Crippen LogP contribution in [0.2, 0.25) is 0 Å². The molecule has 1 aromatic rings. The highest BCUT2D eigenvalue weighted by molar-refractivity contribution is 7.80. The fourth-order valence-corrected chi connectivity index (χ4v) is 3.62. The van der Waals surface area contributed by atoms with Crippen LogP contribution in [0.15, 0.2) is 5.38 Å². The van der Waals surface area contributed by atoms with Crippen LogP contribution in [0, 0.1) is 6.92 Å². The van der Waals surface area contributed by atoms with Crippen LogP contribution in [0.5, 0.6) is 0 Å². The van der Waals surface area contributed by atoms with E-state index in [1.807, 2.05) is 0 Å². The molecule has 2 unspecified atom stereocenters. The van der Waals surface area contributed by atoms with E-state index < -0.39 is 35.8 Å². The highest BCUT2D eigenvalue weighted by atomic mass is 32.1. The van der Waals surface area contributed by atoms with Crippen molar-refractivity contribution in [3.05, 3.63) is 21.4 Å². The fraction of sp³-hybridized carbons (Fsp3) is 0.529. The van der Waals surface area contributed by atoms with E-state index in [9.17, 15) is 19.2 Å². The maximum Gasteiger partial charge on any atom is 0.329 e. The lowest BCUT2D eigenvalue weighted by molar-refractivity contribution is -0.145. The van der Waals surface area contributed by atoms with Gasteiger partial charge in [-0.25, -0.2) is 9.59 Å². The zero-order chi connectivity index (χ0) is 21.3. The number of carbonyl (C=O) groups is 4. The largest absolute Gasteiger partial charge is 0.464 e. The van der Waals surface area contributed by atoms with Crippen molar-refractivity contribution in [1.82, 2.24) is 10.6 Å². The molecule has 1 rings (SSSR count). The number of thiol groups is 2. The Kier molecular flexibility index (Phi) is 10.4. The summed E-state index contributed by atoms with van der Waals surface area (Å²) in [6, 6.07) is -1.79. The van der Waals surface area contributed by atoms with Crippen molar-refractivity contribution < 1.29 is 28.7 Å². The zero-order valence-corrected chi connectivity index (χ0v) is 18.4. The number of amides is 2. The molecule has 0 aliphatic carbocycles. The molecule has 0 aliphatic heterocycles. The predicted octanol–water partition coefficient (Wildman–Crippen LogP) is 1.24. The second kappa shape index (κ2) is 12.0. The summed E-state index contributed by atoms with van der Waals surface area (Å²) in [4.78, 5) is 48.9. The van der Waals surface area contributed by atoms with Crippen LogP contribution in [0.1, 0.15) is 39.4 Å². The van der Waals surface area contributed by atoms with Gasteiger partial charge in [-0.15, -0.1) is 11.3 Å². The van der Waals surface area contributed by atoms with Gasteiger partial charge in [-0.2, -0.15) is 25.3 Å². The molecule has 0 fully saturated rings. The van der Waals surface area contributed by atoms with Gasteiger partial charge in [-0.05, 0) is 26.3 Å². The van der Waals surface area contributed by atoms with Crippen LogP contribution < -0.4 is 10.6 Å². The third-order valence-corrected chi connectivity index (χ3v) is 5.42. The van der Waals surface area contributed by atoms with Gasteiger partial charge in [-0.1, -0.05) is 0 Å². The molecule has 28 heavy (non-hydrogen) atoms. The summed E-state index contributed by atoms with van der Waals surface area (Å²) < 4.78 is 9.78. The van der Waals surface area contributed by atoms with E-state index in [0.29, 0.717) is 5.56 Å². The number of nitrogens with one attached hydrogen (secondary N) is 2. The summed E-state index contributed by atoms with van der Waals surface area (Å²) in [5.41, 5.74) is 0.688. The van der Waals surface area contributed by atoms with Crippen molar-refractivity contribution in [2.24, 2.45) is 0 Å². The molecule has 8 nitrogen and oxygen atoms in total. The molecule has 0 spiro atoms.